The van der Waals surface area contributed by atoms with E-state index < -0.39 is 48.3 Å². The number of alkyl halides is 2. The summed E-state index contributed by atoms with van der Waals surface area (Å²) in [5.74, 6) is -0.740. The van der Waals surface area contributed by atoms with Crippen molar-refractivity contribution in [2.24, 2.45) is 0 Å². The topological polar surface area (TPSA) is 161 Å². The van der Waals surface area contributed by atoms with E-state index in [-0.39, 0.29) is 57.1 Å². The molecule has 3 N–H and O–H groups in total. The Kier molecular flexibility index (Phi) is 50.4. The Morgan fingerprint density at radius 3 is 1.43 bits per heavy atom. The molecule has 3 aliphatic heterocycles. The second kappa shape index (κ2) is 54.2. The number of halogens is 2. The second-order valence-electron chi connectivity index (χ2n) is 25.0. The summed E-state index contributed by atoms with van der Waals surface area (Å²) >= 11 is 9.53. The van der Waals surface area contributed by atoms with Crippen molar-refractivity contribution in [1.82, 2.24) is 10.2 Å². The van der Waals surface area contributed by atoms with Crippen LogP contribution < -0.4 is 5.32 Å². The van der Waals surface area contributed by atoms with Crippen molar-refractivity contribution >= 4 is 55.5 Å². The molecule has 3 fully saturated rings. The van der Waals surface area contributed by atoms with E-state index in [1.54, 1.807) is 0 Å². The van der Waals surface area contributed by atoms with E-state index >= 15 is 0 Å². The van der Waals surface area contributed by atoms with Gasteiger partial charge in [0.25, 0.3) is 0 Å². The Balaban J connectivity index is 0.00000137. The van der Waals surface area contributed by atoms with Crippen molar-refractivity contribution in [2.75, 3.05) is 38.2 Å². The summed E-state index contributed by atoms with van der Waals surface area (Å²) < 4.78 is 24.8. The number of ether oxygens (including phenoxy) is 4. The number of carbonyl (C=O) groups excluding carboxylic acids is 4. The fourth-order valence-electron chi connectivity index (χ4n) is 11.4. The smallest absolute Gasteiger partial charge is 0.347 e. The average molecular weight is 1580 g/mol. The zero-order valence-electron chi connectivity index (χ0n) is 59.3. The number of allylic oxidation sites excluding steroid dienone is 8. The first-order valence-corrected chi connectivity index (χ1v) is 34.8. The molecule has 0 saturated carbocycles. The second-order valence-corrected chi connectivity index (χ2v) is 25.8. The Bertz CT molecular complexity index is 2760. The largest absolute Gasteiger partial charge is 0.463 e. The van der Waals surface area contributed by atoms with Crippen molar-refractivity contribution in [3.05, 3.63) is 190 Å². The predicted octanol–water partition coefficient (Wildman–Crippen LogP) is 17.9. The Labute approximate surface area is 610 Å². The van der Waals surface area contributed by atoms with Crippen LogP contribution in [0.3, 0.4) is 0 Å². The molecule has 95 heavy (non-hydrogen) atoms. The van der Waals surface area contributed by atoms with Crippen LogP contribution in [-0.2, 0) is 38.1 Å². The third-order valence-electron chi connectivity index (χ3n) is 16.6. The van der Waals surface area contributed by atoms with E-state index in [2.05, 4.69) is 209 Å². The molecule has 7 rings (SSSR count). The van der Waals surface area contributed by atoms with Crippen LogP contribution in [0.4, 0.5) is 0 Å². The quantitative estimate of drug-likeness (QED) is 0.0123. The van der Waals surface area contributed by atoms with E-state index in [1.807, 2.05) is 6.07 Å². The van der Waals surface area contributed by atoms with Crippen LogP contribution in [0.25, 0.3) is 0 Å². The number of esters is 4. The minimum absolute atomic E-state index is 0. The van der Waals surface area contributed by atoms with Crippen LogP contribution in [0.2, 0.25) is 0 Å². The molecular weight excluding hydrogens is 1460 g/mol. The number of benzene rings is 4. The van der Waals surface area contributed by atoms with Crippen LogP contribution in [0.5, 0.6) is 0 Å². The number of cyclic esters (lactones) is 2. The SMILES string of the molecule is C.C1CCC2NCCCN2CC1.CC(C)=CCC/C(C)=C/CC(CC(CCCO)c1ccccc1)c1ccccc1.CC(C)=CCC/C(C)=C/CC(CC(CCCOC(=O)C(C)OC(=O)C(C)O)c1ccccc1)c1ccccc1.CC1OC(=O)C(C)OC1=O.ClCCl.[2H][B].[U]. The number of aliphatic hydroxyl groups is 2. The molecule has 524 valence electrons. The van der Waals surface area contributed by atoms with Gasteiger partial charge in [-0.2, -0.15) is 0 Å². The standard InChI is InChI=1S/C34H46O5.C28H38O.C9H18N2.C6H8O4.CH2Cl2.CH4.BH.U/c1-25(2)14-12-15-26(3)21-22-32(30-18-10-7-11-19-30)24-31(29-16-8-6-9-17-29)20-13-23-38-34(37)28(5)39-33(36)27(4)35;1-23(2)12-10-13-24(3)19-20-28(26-16-8-5-9-17-26)22-27(18-11-21-29)25-14-6-4-7-15-25;1-2-5-9-10-6-4-8-11(9)7-3-1;1-3-5(7)10-4(2)6(8)9-3;2-1-3;;;/h6-11,14,16-19,21,27-28,31-32,35H,12-13,15,20,22-24H2,1-5H3;4-9,12,14-17,19,27-29H,10-11,13,18,20-22H2,1-3H3;9-10H,1-8H2;3-4H,1-2H3;1H2;1H4;1H;/b26-21+;24-19+;;;;;;/i;;;;;;1D;. The monoisotopic (exact) mass is 1570 g/mol. The predicted molar refractivity (Wildman–Crippen MR) is 392 cm³/mol. The summed E-state index contributed by atoms with van der Waals surface area (Å²) in [6.07, 6.45) is 25.4. The van der Waals surface area contributed by atoms with Gasteiger partial charge in [0.2, 0.25) is 0 Å². The number of carbonyl (C=O) groups is 4. The van der Waals surface area contributed by atoms with Gasteiger partial charge in [0.15, 0.2) is 18.3 Å². The molecule has 9 atom stereocenters. The molecule has 3 saturated heterocycles. The van der Waals surface area contributed by atoms with Crippen molar-refractivity contribution in [3.63, 3.8) is 0 Å². The Morgan fingerprint density at radius 2 is 1.03 bits per heavy atom. The molecule has 9 unspecified atom stereocenters. The summed E-state index contributed by atoms with van der Waals surface area (Å²) in [4.78, 5) is 47.7. The van der Waals surface area contributed by atoms with Gasteiger partial charge in [0.05, 0.1) is 18.1 Å². The maximum Gasteiger partial charge on any atom is 0.347 e. The number of nitrogens with one attached hydrogen (secondary N) is 1. The Hall–Kier alpha value is -4.74. The number of hydrogen-bond donors (Lipinski definition) is 3. The fourth-order valence-corrected chi connectivity index (χ4v) is 11.4. The molecular formula is C79H117BCl2N2O10U. The summed E-state index contributed by atoms with van der Waals surface area (Å²) in [6, 6.07) is 43.0. The van der Waals surface area contributed by atoms with Crippen LogP contribution >= 0.6 is 23.2 Å². The molecule has 0 aliphatic carbocycles. The van der Waals surface area contributed by atoms with E-state index in [1.165, 1.54) is 124 Å². The maximum atomic E-state index is 12.2. The first-order chi connectivity index (χ1) is 45.3. The van der Waals surface area contributed by atoms with Crippen molar-refractivity contribution in [1.29, 1.82) is 1.34 Å². The molecule has 0 bridgehead atoms. The van der Waals surface area contributed by atoms with Crippen molar-refractivity contribution < 1.29 is 79.5 Å². The number of fused-ring (bicyclic) bond motifs is 1. The molecule has 3 heterocycles. The molecule has 2 radical (unpaired) electrons. The van der Waals surface area contributed by atoms with E-state index in [9.17, 15) is 29.4 Å². The molecule has 4 aromatic carbocycles. The number of hydrogen-bond acceptors (Lipinski definition) is 12. The zero-order chi connectivity index (χ0) is 69.5. The first-order valence-electron chi connectivity index (χ1n) is 34.3. The first kappa shape index (κ1) is 88.3. The van der Waals surface area contributed by atoms with Crippen molar-refractivity contribution in [3.8, 4) is 0 Å². The molecule has 3 aliphatic rings. The summed E-state index contributed by atoms with van der Waals surface area (Å²) in [6.45, 7) is 23.2. The average Bonchev–Trinajstić information content (AvgIpc) is 1.24. The minimum Gasteiger partial charge on any atom is -0.463 e. The zero-order valence-corrected chi connectivity index (χ0v) is 63.9. The molecule has 0 aromatic heterocycles. The van der Waals surface area contributed by atoms with Gasteiger partial charge in [0, 0.05) is 52.6 Å². The fraction of sp³-hybridized carbons (Fsp3) is 0.544. The van der Waals surface area contributed by atoms with Crippen LogP contribution in [0, 0.1) is 31.1 Å². The number of nitrogens with zero attached hydrogens (tertiary/aromatic N) is 1. The normalized spacial score (nSPS) is 17.9. The molecule has 0 amide bonds. The number of rotatable bonds is 28. The van der Waals surface area contributed by atoms with Crippen LogP contribution in [0.15, 0.2) is 168 Å². The van der Waals surface area contributed by atoms with Gasteiger partial charge in [-0.15, -0.1) is 23.2 Å². The van der Waals surface area contributed by atoms with Crippen molar-refractivity contribution in [2.45, 2.75) is 240 Å². The van der Waals surface area contributed by atoms with E-state index in [0.717, 1.165) is 76.8 Å². The third-order valence-corrected chi connectivity index (χ3v) is 16.6. The molecule has 12 nitrogen and oxygen atoms in total. The van der Waals surface area contributed by atoms with Gasteiger partial charge < -0.3 is 34.5 Å². The maximum absolute atomic E-state index is 12.2. The number of aliphatic hydroxyl groups excluding tert-OH is 2. The van der Waals surface area contributed by atoms with Gasteiger partial charge >= 0.3 is 23.9 Å². The summed E-state index contributed by atoms with van der Waals surface area (Å²) in [5, 5.41) is 22.5. The molecule has 0 spiro atoms. The van der Waals surface area contributed by atoms with Crippen LogP contribution in [0.1, 0.15) is 232 Å². The third kappa shape index (κ3) is 39.4. The van der Waals surface area contributed by atoms with Gasteiger partial charge in [-0.1, -0.05) is 188 Å². The van der Waals surface area contributed by atoms with Gasteiger partial charge in [-0.3, -0.25) is 4.90 Å². The molecule has 4 aromatic rings. The summed E-state index contributed by atoms with van der Waals surface area (Å²) in [5.41, 5.74) is 11.1. The van der Waals surface area contributed by atoms with Gasteiger partial charge in [-0.05, 0) is 226 Å². The molecule has 16 heteroatoms. The minimum atomic E-state index is -1.28. The van der Waals surface area contributed by atoms with Gasteiger partial charge in [-0.25, -0.2) is 19.2 Å². The Morgan fingerprint density at radius 1 is 0.632 bits per heavy atom. The van der Waals surface area contributed by atoms with Crippen LogP contribution in [-0.4, -0.2) is 117 Å². The van der Waals surface area contributed by atoms with Gasteiger partial charge in [0.1, 0.15) is 6.10 Å². The van der Waals surface area contributed by atoms with E-state index in [4.69, 9.17) is 34.0 Å². The summed E-state index contributed by atoms with van der Waals surface area (Å²) in [7, 11) is 3.75. The van der Waals surface area contributed by atoms with E-state index in [0.29, 0.717) is 30.1 Å².